The van der Waals surface area contributed by atoms with Crippen LogP contribution in [0.3, 0.4) is 0 Å². The number of aliphatic hydroxyl groups excluding tert-OH is 1. The first-order valence-corrected chi connectivity index (χ1v) is 7.04. The van der Waals surface area contributed by atoms with E-state index in [0.29, 0.717) is 13.0 Å². The zero-order valence-electron chi connectivity index (χ0n) is 7.28. The minimum atomic E-state index is -1.95. The SMILES string of the molecule is C[Si]1(C)OC(=O)[C@@H]2CC(O)CN21. The number of aliphatic hydroxyl groups is 1. The molecular weight excluding hydrogens is 174 g/mol. The topological polar surface area (TPSA) is 49.8 Å². The summed E-state index contributed by atoms with van der Waals surface area (Å²) in [6.45, 7) is 4.58. The van der Waals surface area contributed by atoms with E-state index in [-0.39, 0.29) is 18.1 Å². The van der Waals surface area contributed by atoms with Gasteiger partial charge in [-0.2, -0.15) is 0 Å². The Hall–Kier alpha value is -0.393. The quantitative estimate of drug-likeness (QED) is 0.528. The van der Waals surface area contributed by atoms with E-state index >= 15 is 0 Å². The molecule has 0 amide bonds. The summed E-state index contributed by atoms with van der Waals surface area (Å²) < 4.78 is 7.33. The van der Waals surface area contributed by atoms with Crippen LogP contribution >= 0.6 is 0 Å². The number of nitrogens with zero attached hydrogens (tertiary/aromatic N) is 1. The zero-order chi connectivity index (χ0) is 8.93. The van der Waals surface area contributed by atoms with Crippen LogP contribution < -0.4 is 0 Å². The Morgan fingerprint density at radius 3 is 2.92 bits per heavy atom. The Kier molecular flexibility index (Phi) is 1.58. The molecule has 2 atom stereocenters. The molecule has 1 unspecified atom stereocenters. The normalized spacial score (nSPS) is 39.8. The molecule has 0 saturated carbocycles. The zero-order valence-corrected chi connectivity index (χ0v) is 8.28. The van der Waals surface area contributed by atoms with Crippen LogP contribution in [0.5, 0.6) is 0 Å². The lowest BCUT2D eigenvalue weighted by Gasteiger charge is -2.23. The lowest BCUT2D eigenvalue weighted by Crippen LogP contribution is -2.46. The van der Waals surface area contributed by atoms with Crippen LogP contribution in [0.2, 0.25) is 13.1 Å². The minimum absolute atomic E-state index is 0.136. The fraction of sp³-hybridized carbons (Fsp3) is 0.857. The molecule has 2 rings (SSSR count). The maximum absolute atomic E-state index is 11.3. The van der Waals surface area contributed by atoms with Gasteiger partial charge < -0.3 is 9.53 Å². The summed E-state index contributed by atoms with van der Waals surface area (Å²) in [5.74, 6) is -0.136. The predicted molar refractivity (Wildman–Crippen MR) is 44.7 cm³/mol. The molecule has 4 nitrogen and oxygen atoms in total. The van der Waals surface area contributed by atoms with Gasteiger partial charge in [-0.3, -0.25) is 9.36 Å². The number of rotatable bonds is 0. The van der Waals surface area contributed by atoms with E-state index in [1.54, 1.807) is 0 Å². The van der Waals surface area contributed by atoms with Gasteiger partial charge in [-0.25, -0.2) is 0 Å². The van der Waals surface area contributed by atoms with Crippen LogP contribution in [0.4, 0.5) is 0 Å². The smallest absolute Gasteiger partial charge is 0.329 e. The Bertz CT molecular complexity index is 231. The lowest BCUT2D eigenvalue weighted by atomic mass is 10.2. The van der Waals surface area contributed by atoms with E-state index in [1.807, 2.05) is 13.1 Å². The van der Waals surface area contributed by atoms with Gasteiger partial charge >= 0.3 is 14.4 Å². The fourth-order valence-corrected chi connectivity index (χ4v) is 4.36. The molecule has 2 aliphatic heterocycles. The second-order valence-corrected chi connectivity index (χ2v) is 7.60. The number of hydrogen-bond donors (Lipinski definition) is 1. The Labute approximate surface area is 72.3 Å². The number of fused-ring (bicyclic) bond motifs is 1. The van der Waals surface area contributed by atoms with Crippen LogP contribution in [0.25, 0.3) is 0 Å². The van der Waals surface area contributed by atoms with Crippen molar-refractivity contribution < 1.29 is 14.3 Å². The van der Waals surface area contributed by atoms with Gasteiger partial charge in [0.2, 0.25) is 0 Å². The summed E-state index contributed by atoms with van der Waals surface area (Å²) in [6, 6.07) is -0.151. The molecule has 2 aliphatic rings. The minimum Gasteiger partial charge on any atom is -0.504 e. The second kappa shape index (κ2) is 2.31. The standard InChI is InChI=1S/C7H13NO3Si/c1-12(2)8-4-5(9)3-6(8)7(10)11-12/h5-6,9H,3-4H2,1-2H3/t5?,6-/m0/s1. The van der Waals surface area contributed by atoms with Crippen molar-refractivity contribution in [2.45, 2.75) is 31.7 Å². The third-order valence-electron chi connectivity index (χ3n) is 2.59. The Morgan fingerprint density at radius 2 is 2.33 bits per heavy atom. The highest BCUT2D eigenvalue weighted by molar-refractivity contribution is 6.71. The maximum Gasteiger partial charge on any atom is 0.329 e. The van der Waals surface area contributed by atoms with E-state index in [2.05, 4.69) is 4.57 Å². The molecule has 2 heterocycles. The van der Waals surface area contributed by atoms with Crippen molar-refractivity contribution in [2.24, 2.45) is 0 Å². The molecule has 0 bridgehead atoms. The first-order valence-electron chi connectivity index (χ1n) is 4.18. The summed E-state index contributed by atoms with van der Waals surface area (Å²) in [4.78, 5) is 11.3. The van der Waals surface area contributed by atoms with Crippen molar-refractivity contribution in [1.29, 1.82) is 0 Å². The third-order valence-corrected chi connectivity index (χ3v) is 5.17. The molecule has 0 aromatic carbocycles. The molecule has 68 valence electrons. The molecule has 2 fully saturated rings. The van der Waals surface area contributed by atoms with E-state index < -0.39 is 8.48 Å². The number of hydrogen-bond acceptors (Lipinski definition) is 4. The largest absolute Gasteiger partial charge is 0.504 e. The van der Waals surface area contributed by atoms with Gasteiger partial charge in [0, 0.05) is 13.0 Å². The Morgan fingerprint density at radius 1 is 1.67 bits per heavy atom. The van der Waals surface area contributed by atoms with Crippen LogP contribution in [0.1, 0.15) is 6.42 Å². The monoisotopic (exact) mass is 187 g/mol. The van der Waals surface area contributed by atoms with Gasteiger partial charge in [0.15, 0.2) is 0 Å². The van der Waals surface area contributed by atoms with E-state index in [4.69, 9.17) is 4.43 Å². The van der Waals surface area contributed by atoms with Crippen LogP contribution in [0.15, 0.2) is 0 Å². The first kappa shape index (κ1) is 8.22. The summed E-state index contributed by atoms with van der Waals surface area (Å²) in [5.41, 5.74) is 0. The van der Waals surface area contributed by atoms with Crippen molar-refractivity contribution in [3.8, 4) is 0 Å². The summed E-state index contributed by atoms with van der Waals surface area (Å²) >= 11 is 0. The Balaban J connectivity index is 2.25. The molecule has 0 aromatic rings. The maximum atomic E-state index is 11.3. The van der Waals surface area contributed by atoms with Crippen molar-refractivity contribution in [2.75, 3.05) is 6.54 Å². The molecule has 0 aromatic heterocycles. The third kappa shape index (κ3) is 1.01. The van der Waals surface area contributed by atoms with Gasteiger partial charge in [0.05, 0.1) is 6.10 Å². The highest BCUT2D eigenvalue weighted by Gasteiger charge is 2.54. The number of carbonyl (C=O) groups is 1. The van der Waals surface area contributed by atoms with E-state index in [0.717, 1.165) is 0 Å². The summed E-state index contributed by atoms with van der Waals surface area (Å²) in [6.07, 6.45) is 0.213. The predicted octanol–water partition coefficient (Wildman–Crippen LogP) is -0.320. The van der Waals surface area contributed by atoms with Gasteiger partial charge in [-0.1, -0.05) is 0 Å². The van der Waals surface area contributed by atoms with Crippen molar-refractivity contribution in [3.05, 3.63) is 0 Å². The molecule has 12 heavy (non-hydrogen) atoms. The summed E-state index contributed by atoms with van der Waals surface area (Å²) in [7, 11) is -1.95. The van der Waals surface area contributed by atoms with Gasteiger partial charge in [-0.15, -0.1) is 0 Å². The van der Waals surface area contributed by atoms with Crippen LogP contribution in [0, 0.1) is 0 Å². The van der Waals surface area contributed by atoms with Gasteiger partial charge in [0.25, 0.3) is 0 Å². The average molecular weight is 187 g/mol. The van der Waals surface area contributed by atoms with E-state index in [9.17, 15) is 9.90 Å². The fourth-order valence-electron chi connectivity index (χ4n) is 2.01. The van der Waals surface area contributed by atoms with Gasteiger partial charge in [-0.05, 0) is 13.1 Å². The molecule has 0 aliphatic carbocycles. The molecule has 0 radical (unpaired) electrons. The molecule has 2 saturated heterocycles. The second-order valence-electron chi connectivity index (χ2n) is 3.93. The van der Waals surface area contributed by atoms with Crippen LogP contribution in [-0.4, -0.2) is 42.8 Å². The molecule has 1 N–H and O–H groups in total. The van der Waals surface area contributed by atoms with Crippen molar-refractivity contribution >= 4 is 14.4 Å². The van der Waals surface area contributed by atoms with E-state index in [1.165, 1.54) is 0 Å². The highest BCUT2D eigenvalue weighted by Crippen LogP contribution is 2.32. The first-order chi connectivity index (χ1) is 5.50. The lowest BCUT2D eigenvalue weighted by molar-refractivity contribution is -0.134. The number of carbonyl (C=O) groups excluding carboxylic acids is 1. The van der Waals surface area contributed by atoms with Crippen molar-refractivity contribution in [3.63, 3.8) is 0 Å². The van der Waals surface area contributed by atoms with Crippen molar-refractivity contribution in [1.82, 2.24) is 4.57 Å². The molecule has 0 spiro atoms. The van der Waals surface area contributed by atoms with Crippen LogP contribution in [-0.2, 0) is 9.22 Å². The average Bonchev–Trinajstić information content (AvgIpc) is 2.37. The molecule has 5 heteroatoms. The van der Waals surface area contributed by atoms with Gasteiger partial charge in [0.1, 0.15) is 6.04 Å². The molecular formula is C7H13NO3Si. The summed E-state index contributed by atoms with van der Waals surface area (Å²) in [5, 5.41) is 9.36. The highest BCUT2D eigenvalue weighted by atomic mass is 28.4.